The minimum absolute atomic E-state index is 0.0200. The van der Waals surface area contributed by atoms with Gasteiger partial charge in [0.2, 0.25) is 5.91 Å². The quantitative estimate of drug-likeness (QED) is 0.535. The van der Waals surface area contributed by atoms with Crippen LogP contribution in [-0.4, -0.2) is 67.9 Å². The Morgan fingerprint density at radius 1 is 1.26 bits per heavy atom. The lowest BCUT2D eigenvalue weighted by atomic mass is 10.0. The fourth-order valence-electron chi connectivity index (χ4n) is 3.77. The third kappa shape index (κ3) is 7.28. The van der Waals surface area contributed by atoms with Gasteiger partial charge in [-0.15, -0.1) is 0 Å². The molecular weight excluding hydrogens is 410 g/mol. The number of aliphatic hydroxyl groups excluding tert-OH is 1. The van der Waals surface area contributed by atoms with Crippen molar-refractivity contribution in [1.29, 1.82) is 0 Å². The molecule has 0 spiro atoms. The Balaban J connectivity index is 1.66. The molecule has 8 heteroatoms. The van der Waals surface area contributed by atoms with Gasteiger partial charge in [-0.25, -0.2) is 9.97 Å². The number of amides is 1. The number of carbonyl (C=O) groups excluding carboxylic acids is 1. The van der Waals surface area contributed by atoms with Crippen molar-refractivity contribution in [2.45, 2.75) is 67.7 Å². The maximum absolute atomic E-state index is 13.0. The first-order valence-electron chi connectivity index (χ1n) is 10.7. The molecule has 3 rings (SSSR count). The monoisotopic (exact) mass is 443 g/mol. The molecule has 0 saturated carbocycles. The molecule has 1 aromatic carbocycles. The van der Waals surface area contributed by atoms with E-state index < -0.39 is 12.1 Å². The van der Waals surface area contributed by atoms with Crippen molar-refractivity contribution in [3.8, 4) is 0 Å². The summed E-state index contributed by atoms with van der Waals surface area (Å²) in [6, 6.07) is 11.0. The van der Waals surface area contributed by atoms with Gasteiger partial charge >= 0.3 is 0 Å². The number of likely N-dealkylation sites (tertiary alicyclic amines) is 1. The molecule has 1 aromatic heterocycles. The molecule has 4 atom stereocenters. The maximum atomic E-state index is 13.0. The van der Waals surface area contributed by atoms with Gasteiger partial charge in [-0.05, 0) is 45.2 Å². The van der Waals surface area contributed by atoms with Crippen LogP contribution >= 0.6 is 11.8 Å². The van der Waals surface area contributed by atoms with Gasteiger partial charge in [0.15, 0.2) is 5.16 Å². The molecule has 1 fully saturated rings. The topological polar surface area (TPSA) is 104 Å². The van der Waals surface area contributed by atoms with Gasteiger partial charge in [-0.3, -0.25) is 9.69 Å². The molecule has 1 saturated heterocycles. The van der Waals surface area contributed by atoms with Crippen LogP contribution in [0.5, 0.6) is 0 Å². The Morgan fingerprint density at radius 3 is 2.58 bits per heavy atom. The standard InChI is InChI=1S/C23H33N5O2S/c1-23(2,3)27-21(30)19-13-17(31-22-25-10-7-11-26-22)14-28(19)15-20(29)18(24)12-16-8-5-4-6-9-16/h4-11,17-20,29H,12-15,24H2,1-3H3,(H,27,30)/t17-,18+,19?,20-/m1/s1. The van der Waals surface area contributed by atoms with Crippen LogP contribution in [0.2, 0.25) is 0 Å². The summed E-state index contributed by atoms with van der Waals surface area (Å²) in [5.74, 6) is -0.0200. The number of rotatable bonds is 8. The van der Waals surface area contributed by atoms with Gasteiger partial charge in [0.1, 0.15) is 0 Å². The Labute approximate surface area is 188 Å². The molecule has 0 aliphatic carbocycles. The number of nitrogens with two attached hydrogens (primary N) is 1. The first kappa shape index (κ1) is 23.7. The lowest BCUT2D eigenvalue weighted by Gasteiger charge is -2.30. The van der Waals surface area contributed by atoms with Gasteiger partial charge in [0, 0.05) is 42.3 Å². The minimum atomic E-state index is -0.734. The van der Waals surface area contributed by atoms with Gasteiger partial charge in [0.25, 0.3) is 0 Å². The zero-order valence-corrected chi connectivity index (χ0v) is 19.3. The van der Waals surface area contributed by atoms with E-state index in [0.29, 0.717) is 31.1 Å². The van der Waals surface area contributed by atoms with Crippen molar-refractivity contribution < 1.29 is 9.90 Å². The molecule has 168 valence electrons. The maximum Gasteiger partial charge on any atom is 0.237 e. The molecule has 0 radical (unpaired) electrons. The summed E-state index contributed by atoms with van der Waals surface area (Å²) in [5.41, 5.74) is 7.08. The molecule has 1 aliphatic heterocycles. The van der Waals surface area contributed by atoms with Crippen molar-refractivity contribution in [3.63, 3.8) is 0 Å². The molecule has 2 heterocycles. The van der Waals surface area contributed by atoms with Crippen molar-refractivity contribution in [1.82, 2.24) is 20.2 Å². The largest absolute Gasteiger partial charge is 0.390 e. The van der Waals surface area contributed by atoms with Crippen LogP contribution in [0.15, 0.2) is 53.9 Å². The molecule has 1 unspecified atom stereocenters. The number of thioether (sulfide) groups is 1. The molecule has 7 nitrogen and oxygen atoms in total. The van der Waals surface area contributed by atoms with Crippen LogP contribution in [0.4, 0.5) is 0 Å². The second kappa shape index (κ2) is 10.5. The second-order valence-corrected chi connectivity index (χ2v) is 10.4. The number of nitrogens with one attached hydrogen (secondary N) is 1. The number of aromatic nitrogens is 2. The zero-order chi connectivity index (χ0) is 22.4. The van der Waals surface area contributed by atoms with Crippen molar-refractivity contribution in [2.75, 3.05) is 13.1 Å². The molecule has 2 aromatic rings. The van der Waals surface area contributed by atoms with Crippen molar-refractivity contribution in [3.05, 3.63) is 54.4 Å². The zero-order valence-electron chi connectivity index (χ0n) is 18.4. The van der Waals surface area contributed by atoms with Gasteiger partial charge < -0.3 is 16.2 Å². The van der Waals surface area contributed by atoms with E-state index in [0.717, 1.165) is 5.56 Å². The number of nitrogens with zero attached hydrogens (tertiary/aromatic N) is 3. The summed E-state index contributed by atoms with van der Waals surface area (Å²) in [4.78, 5) is 23.7. The predicted octanol–water partition coefficient (Wildman–Crippen LogP) is 1.86. The number of hydrogen-bond donors (Lipinski definition) is 3. The van der Waals surface area contributed by atoms with E-state index >= 15 is 0 Å². The number of hydrogen-bond acceptors (Lipinski definition) is 7. The lowest BCUT2D eigenvalue weighted by Crippen LogP contribution is -2.53. The van der Waals surface area contributed by atoms with Gasteiger partial charge in [-0.1, -0.05) is 42.1 Å². The molecule has 31 heavy (non-hydrogen) atoms. The van der Waals surface area contributed by atoms with E-state index in [9.17, 15) is 9.90 Å². The summed E-state index contributed by atoms with van der Waals surface area (Å²) in [6.07, 6.45) is 3.97. The number of benzene rings is 1. The smallest absolute Gasteiger partial charge is 0.237 e. The molecule has 1 aliphatic rings. The highest BCUT2D eigenvalue weighted by atomic mass is 32.2. The second-order valence-electron chi connectivity index (χ2n) is 9.14. The van der Waals surface area contributed by atoms with Crippen LogP contribution in [0.25, 0.3) is 0 Å². The third-order valence-electron chi connectivity index (χ3n) is 5.21. The van der Waals surface area contributed by atoms with E-state index in [-0.39, 0.29) is 22.7 Å². The number of aliphatic hydroxyl groups is 1. The lowest BCUT2D eigenvalue weighted by molar-refractivity contribution is -0.127. The summed E-state index contributed by atoms with van der Waals surface area (Å²) >= 11 is 1.58. The predicted molar refractivity (Wildman–Crippen MR) is 124 cm³/mol. The van der Waals surface area contributed by atoms with Crippen LogP contribution in [-0.2, 0) is 11.2 Å². The SMILES string of the molecule is CC(C)(C)NC(=O)C1C[C@@H](Sc2ncccn2)CN1C[C@@H](O)[C@@H](N)Cc1ccccc1. The first-order valence-corrected chi connectivity index (χ1v) is 11.6. The normalized spacial score (nSPS) is 21.6. The summed E-state index contributed by atoms with van der Waals surface area (Å²) in [5, 5.41) is 14.8. The summed E-state index contributed by atoms with van der Waals surface area (Å²) in [7, 11) is 0. The van der Waals surface area contributed by atoms with Crippen LogP contribution in [0.1, 0.15) is 32.8 Å². The fourth-order valence-corrected chi connectivity index (χ4v) is 4.85. The number of carbonyl (C=O) groups is 1. The highest BCUT2D eigenvalue weighted by molar-refractivity contribution is 7.99. The van der Waals surface area contributed by atoms with E-state index in [4.69, 9.17) is 5.73 Å². The molecular formula is C23H33N5O2S. The average molecular weight is 444 g/mol. The van der Waals surface area contributed by atoms with E-state index in [1.807, 2.05) is 51.1 Å². The van der Waals surface area contributed by atoms with Crippen LogP contribution < -0.4 is 11.1 Å². The highest BCUT2D eigenvalue weighted by Crippen LogP contribution is 2.31. The van der Waals surface area contributed by atoms with E-state index in [1.165, 1.54) is 0 Å². The first-order chi connectivity index (χ1) is 14.7. The van der Waals surface area contributed by atoms with E-state index in [2.05, 4.69) is 20.2 Å². The molecule has 1 amide bonds. The third-order valence-corrected chi connectivity index (χ3v) is 6.31. The Bertz CT molecular complexity index is 831. The Kier molecular flexibility index (Phi) is 8.05. The highest BCUT2D eigenvalue weighted by Gasteiger charge is 2.39. The average Bonchev–Trinajstić information content (AvgIpc) is 3.10. The summed E-state index contributed by atoms with van der Waals surface area (Å²) < 4.78 is 0. The fraction of sp³-hybridized carbons (Fsp3) is 0.522. The van der Waals surface area contributed by atoms with Crippen molar-refractivity contribution in [2.24, 2.45) is 5.73 Å². The summed E-state index contributed by atoms with van der Waals surface area (Å²) in [6.45, 7) is 6.93. The Morgan fingerprint density at radius 2 is 1.94 bits per heavy atom. The molecule has 0 bridgehead atoms. The molecule has 4 N–H and O–H groups in total. The van der Waals surface area contributed by atoms with Gasteiger partial charge in [-0.2, -0.15) is 0 Å². The Hall–Kier alpha value is -2.00. The van der Waals surface area contributed by atoms with Crippen molar-refractivity contribution >= 4 is 17.7 Å². The van der Waals surface area contributed by atoms with E-state index in [1.54, 1.807) is 30.2 Å². The minimum Gasteiger partial charge on any atom is -0.390 e. The number of β-amino-alcohol motifs (C(OH)–C–C–N with tert-alkyl or cyclic N) is 1. The van der Waals surface area contributed by atoms with Gasteiger partial charge in [0.05, 0.1) is 12.1 Å². The van der Waals surface area contributed by atoms with Crippen LogP contribution in [0, 0.1) is 0 Å². The van der Waals surface area contributed by atoms with Crippen LogP contribution in [0.3, 0.4) is 0 Å².